The Labute approximate surface area is 129 Å². The van der Waals surface area contributed by atoms with Gasteiger partial charge in [0.2, 0.25) is 0 Å². The first-order chi connectivity index (χ1) is 8.99. The summed E-state index contributed by atoms with van der Waals surface area (Å²) < 4.78 is 2.52. The van der Waals surface area contributed by atoms with E-state index >= 15 is 0 Å². The van der Waals surface area contributed by atoms with Crippen LogP contribution in [0.3, 0.4) is 0 Å². The lowest BCUT2D eigenvalue weighted by atomic mass is 10.2. The summed E-state index contributed by atoms with van der Waals surface area (Å²) in [5.74, 6) is 0.274. The van der Waals surface area contributed by atoms with Gasteiger partial charge in [0.05, 0.1) is 11.8 Å². The van der Waals surface area contributed by atoms with Gasteiger partial charge >= 0.3 is 0 Å². The van der Waals surface area contributed by atoms with Crippen LogP contribution in [0.15, 0.2) is 30.5 Å². The lowest BCUT2D eigenvalue weighted by molar-refractivity contribution is 0.102. The molecule has 0 saturated carbocycles. The van der Waals surface area contributed by atoms with Crippen molar-refractivity contribution in [2.45, 2.75) is 0 Å². The SMILES string of the molecule is Cn1ncc(C(N)=S)c1NC(=O)c1cccc(I)c1. The summed E-state index contributed by atoms with van der Waals surface area (Å²) in [6.07, 6.45) is 1.53. The van der Waals surface area contributed by atoms with Crippen LogP contribution in [-0.2, 0) is 7.05 Å². The second kappa shape index (κ2) is 5.66. The maximum Gasteiger partial charge on any atom is 0.256 e. The highest BCUT2D eigenvalue weighted by molar-refractivity contribution is 14.1. The van der Waals surface area contributed by atoms with Crippen molar-refractivity contribution in [3.63, 3.8) is 0 Å². The molecule has 98 valence electrons. The van der Waals surface area contributed by atoms with Crippen molar-refractivity contribution in [1.82, 2.24) is 9.78 Å². The molecular weight excluding hydrogens is 375 g/mol. The van der Waals surface area contributed by atoms with Gasteiger partial charge in [-0.2, -0.15) is 5.10 Å². The van der Waals surface area contributed by atoms with Crippen molar-refractivity contribution in [3.05, 3.63) is 45.2 Å². The highest BCUT2D eigenvalue weighted by atomic mass is 127. The summed E-state index contributed by atoms with van der Waals surface area (Å²) in [6.45, 7) is 0. The molecule has 0 fully saturated rings. The number of hydrogen-bond acceptors (Lipinski definition) is 3. The van der Waals surface area contributed by atoms with Crippen molar-refractivity contribution in [3.8, 4) is 0 Å². The average molecular weight is 386 g/mol. The molecule has 0 aliphatic rings. The van der Waals surface area contributed by atoms with E-state index in [1.807, 2.05) is 12.1 Å². The molecule has 0 unspecified atom stereocenters. The third-order valence-corrected chi connectivity index (χ3v) is 3.41. The van der Waals surface area contributed by atoms with Crippen LogP contribution in [0, 0.1) is 3.57 Å². The van der Waals surface area contributed by atoms with Gasteiger partial charge in [0.1, 0.15) is 10.8 Å². The molecule has 0 aliphatic heterocycles. The van der Waals surface area contributed by atoms with E-state index in [-0.39, 0.29) is 10.9 Å². The quantitative estimate of drug-likeness (QED) is 0.625. The zero-order chi connectivity index (χ0) is 14.0. The van der Waals surface area contributed by atoms with Gasteiger partial charge in [-0.15, -0.1) is 0 Å². The molecule has 0 radical (unpaired) electrons. The first-order valence-electron chi connectivity index (χ1n) is 5.37. The summed E-state index contributed by atoms with van der Waals surface area (Å²) in [5, 5.41) is 6.81. The molecule has 19 heavy (non-hydrogen) atoms. The summed E-state index contributed by atoms with van der Waals surface area (Å²) in [4.78, 5) is 12.4. The number of halogens is 1. The van der Waals surface area contributed by atoms with Gasteiger partial charge < -0.3 is 11.1 Å². The van der Waals surface area contributed by atoms with Crippen LogP contribution < -0.4 is 11.1 Å². The van der Waals surface area contributed by atoms with Crippen molar-refractivity contribution < 1.29 is 4.79 Å². The van der Waals surface area contributed by atoms with Crippen molar-refractivity contribution >= 4 is 51.5 Å². The van der Waals surface area contributed by atoms with Crippen LogP contribution in [0.25, 0.3) is 0 Å². The van der Waals surface area contributed by atoms with Gasteiger partial charge in [-0.1, -0.05) is 18.3 Å². The van der Waals surface area contributed by atoms with Gasteiger partial charge in [0, 0.05) is 16.2 Å². The van der Waals surface area contributed by atoms with Gasteiger partial charge in [0.15, 0.2) is 0 Å². The van der Waals surface area contributed by atoms with Gasteiger partial charge in [-0.25, -0.2) is 0 Å². The molecule has 0 atom stereocenters. The van der Waals surface area contributed by atoms with E-state index in [4.69, 9.17) is 18.0 Å². The number of rotatable bonds is 3. The molecule has 0 saturated heterocycles. The molecule has 0 aliphatic carbocycles. The molecule has 1 heterocycles. The third-order valence-electron chi connectivity index (χ3n) is 2.52. The van der Waals surface area contributed by atoms with E-state index in [2.05, 4.69) is 33.0 Å². The Hall–Kier alpha value is -1.48. The molecule has 2 rings (SSSR count). The zero-order valence-electron chi connectivity index (χ0n) is 10.1. The number of benzene rings is 1. The average Bonchev–Trinajstić information content (AvgIpc) is 2.71. The first-order valence-corrected chi connectivity index (χ1v) is 6.86. The zero-order valence-corrected chi connectivity index (χ0v) is 13.0. The molecule has 2 aromatic rings. The normalized spacial score (nSPS) is 10.2. The molecule has 1 aromatic heterocycles. The Morgan fingerprint density at radius 1 is 1.53 bits per heavy atom. The molecular formula is C12H11IN4OS. The van der Waals surface area contributed by atoms with Crippen LogP contribution >= 0.6 is 34.8 Å². The predicted octanol–water partition coefficient (Wildman–Crippen LogP) is 1.91. The Morgan fingerprint density at radius 3 is 2.89 bits per heavy atom. The number of aromatic nitrogens is 2. The van der Waals surface area contributed by atoms with Crippen molar-refractivity contribution in [1.29, 1.82) is 0 Å². The fourth-order valence-electron chi connectivity index (χ4n) is 1.58. The number of carbonyl (C=O) groups is 1. The number of hydrogen-bond donors (Lipinski definition) is 2. The number of thiocarbonyl (C=S) groups is 1. The summed E-state index contributed by atoms with van der Waals surface area (Å²) in [5.41, 5.74) is 6.72. The minimum Gasteiger partial charge on any atom is -0.389 e. The van der Waals surface area contributed by atoms with E-state index in [1.54, 1.807) is 19.2 Å². The summed E-state index contributed by atoms with van der Waals surface area (Å²) in [7, 11) is 1.71. The number of carbonyl (C=O) groups excluding carboxylic acids is 1. The minimum atomic E-state index is -0.223. The predicted molar refractivity (Wildman–Crippen MR) is 86.2 cm³/mol. The topological polar surface area (TPSA) is 72.9 Å². The van der Waals surface area contributed by atoms with E-state index in [0.29, 0.717) is 16.9 Å². The van der Waals surface area contributed by atoms with Gasteiger partial charge in [-0.3, -0.25) is 9.48 Å². The van der Waals surface area contributed by atoms with E-state index < -0.39 is 0 Å². The lowest BCUT2D eigenvalue weighted by Crippen LogP contribution is -2.18. The number of anilines is 1. The molecule has 1 aromatic carbocycles. The highest BCUT2D eigenvalue weighted by Crippen LogP contribution is 2.16. The van der Waals surface area contributed by atoms with Crippen LogP contribution in [0.1, 0.15) is 15.9 Å². The van der Waals surface area contributed by atoms with Gasteiger partial charge in [0.25, 0.3) is 5.91 Å². The van der Waals surface area contributed by atoms with E-state index in [0.717, 1.165) is 3.57 Å². The number of amides is 1. The number of nitrogens with one attached hydrogen (secondary N) is 1. The maximum atomic E-state index is 12.2. The minimum absolute atomic E-state index is 0.200. The number of nitrogens with two attached hydrogens (primary N) is 1. The largest absolute Gasteiger partial charge is 0.389 e. The fraction of sp³-hybridized carbons (Fsp3) is 0.0833. The molecule has 0 spiro atoms. The number of aryl methyl sites for hydroxylation is 1. The van der Waals surface area contributed by atoms with Crippen molar-refractivity contribution in [2.24, 2.45) is 12.8 Å². The van der Waals surface area contributed by atoms with E-state index in [9.17, 15) is 4.79 Å². The molecule has 0 bridgehead atoms. The fourth-order valence-corrected chi connectivity index (χ4v) is 2.27. The third kappa shape index (κ3) is 3.10. The van der Waals surface area contributed by atoms with Gasteiger partial charge in [-0.05, 0) is 40.8 Å². The Balaban J connectivity index is 2.29. The monoisotopic (exact) mass is 386 g/mol. The lowest BCUT2D eigenvalue weighted by Gasteiger charge is -2.08. The Kier molecular flexibility index (Phi) is 4.15. The second-order valence-corrected chi connectivity index (χ2v) is 5.54. The summed E-state index contributed by atoms with van der Waals surface area (Å²) >= 11 is 7.08. The smallest absolute Gasteiger partial charge is 0.256 e. The Bertz CT molecular complexity index is 653. The highest BCUT2D eigenvalue weighted by Gasteiger charge is 2.14. The molecule has 5 nitrogen and oxygen atoms in total. The van der Waals surface area contributed by atoms with Crippen LogP contribution in [-0.4, -0.2) is 20.7 Å². The van der Waals surface area contributed by atoms with E-state index in [1.165, 1.54) is 10.9 Å². The van der Waals surface area contributed by atoms with Crippen LogP contribution in [0.4, 0.5) is 5.82 Å². The molecule has 7 heteroatoms. The van der Waals surface area contributed by atoms with Crippen LogP contribution in [0.2, 0.25) is 0 Å². The van der Waals surface area contributed by atoms with Crippen molar-refractivity contribution in [2.75, 3.05) is 5.32 Å². The molecule has 1 amide bonds. The number of nitrogens with zero attached hydrogens (tertiary/aromatic N) is 2. The second-order valence-electron chi connectivity index (χ2n) is 3.86. The summed E-state index contributed by atoms with van der Waals surface area (Å²) in [6, 6.07) is 7.29. The maximum absolute atomic E-state index is 12.2. The van der Waals surface area contributed by atoms with Crippen LogP contribution in [0.5, 0.6) is 0 Å². The molecule has 3 N–H and O–H groups in total. The standard InChI is InChI=1S/C12H11IN4OS/c1-17-11(9(6-15-17)10(14)19)16-12(18)7-3-2-4-8(13)5-7/h2-6H,1H3,(H2,14,19)(H,16,18). The first kappa shape index (κ1) is 13.9. The Morgan fingerprint density at radius 2 is 2.26 bits per heavy atom.